The van der Waals surface area contributed by atoms with Gasteiger partial charge in [0.15, 0.2) is 6.20 Å². The Morgan fingerprint density at radius 1 is 0.688 bits per heavy atom. The van der Waals surface area contributed by atoms with Crippen LogP contribution in [0.4, 0.5) is 0 Å². The lowest BCUT2D eigenvalue weighted by Gasteiger charge is -2.07. The number of hydrogen-bond acceptors (Lipinski definition) is 0. The van der Waals surface area contributed by atoms with E-state index < -0.39 is 0 Å². The SMILES string of the molecule is Cc1ccccc1-c1cc2c(c[n+]1C)c1ccc3cc(-c4ccccc4)ccc3c1n2C. The zero-order chi connectivity index (χ0) is 21.8. The molecule has 0 saturated carbocycles. The fourth-order valence-corrected chi connectivity index (χ4v) is 5.07. The highest BCUT2D eigenvalue weighted by molar-refractivity contribution is 6.17. The van der Waals surface area contributed by atoms with Crippen molar-refractivity contribution in [2.24, 2.45) is 14.1 Å². The molecule has 6 rings (SSSR count). The molecule has 4 aromatic carbocycles. The van der Waals surface area contributed by atoms with Crippen molar-refractivity contribution in [2.75, 3.05) is 0 Å². The van der Waals surface area contributed by atoms with Gasteiger partial charge in [-0.3, -0.25) is 0 Å². The van der Waals surface area contributed by atoms with Crippen LogP contribution < -0.4 is 4.57 Å². The molecule has 32 heavy (non-hydrogen) atoms. The fraction of sp³-hybridized carbons (Fsp3) is 0.100. The van der Waals surface area contributed by atoms with E-state index in [1.807, 2.05) is 0 Å². The highest BCUT2D eigenvalue weighted by Crippen LogP contribution is 2.36. The van der Waals surface area contributed by atoms with E-state index in [2.05, 4.69) is 127 Å². The maximum Gasteiger partial charge on any atom is 0.214 e. The second-order valence-corrected chi connectivity index (χ2v) is 8.71. The van der Waals surface area contributed by atoms with Crippen LogP contribution in [0.1, 0.15) is 5.56 Å². The van der Waals surface area contributed by atoms with Gasteiger partial charge in [-0.15, -0.1) is 0 Å². The van der Waals surface area contributed by atoms with Crippen molar-refractivity contribution < 1.29 is 4.57 Å². The van der Waals surface area contributed by atoms with E-state index in [0.29, 0.717) is 0 Å². The molecule has 0 spiro atoms. The summed E-state index contributed by atoms with van der Waals surface area (Å²) in [6.45, 7) is 2.18. The molecule has 0 unspecified atom stereocenters. The van der Waals surface area contributed by atoms with E-state index in [4.69, 9.17) is 0 Å². The van der Waals surface area contributed by atoms with Gasteiger partial charge in [-0.2, -0.15) is 0 Å². The van der Waals surface area contributed by atoms with Crippen molar-refractivity contribution in [3.05, 3.63) is 103 Å². The van der Waals surface area contributed by atoms with Crippen LogP contribution in [0.3, 0.4) is 0 Å². The summed E-state index contributed by atoms with van der Waals surface area (Å²) in [7, 11) is 4.34. The van der Waals surface area contributed by atoms with Gasteiger partial charge < -0.3 is 4.57 Å². The minimum atomic E-state index is 1.23. The lowest BCUT2D eigenvalue weighted by molar-refractivity contribution is -0.659. The van der Waals surface area contributed by atoms with E-state index in [-0.39, 0.29) is 0 Å². The molecule has 0 saturated heterocycles. The molecule has 0 bridgehead atoms. The minimum Gasteiger partial charge on any atom is -0.343 e. The highest BCUT2D eigenvalue weighted by atomic mass is 15.0. The van der Waals surface area contributed by atoms with Crippen molar-refractivity contribution >= 4 is 32.6 Å². The van der Waals surface area contributed by atoms with Gasteiger partial charge in [-0.05, 0) is 41.1 Å². The van der Waals surface area contributed by atoms with Gasteiger partial charge in [0.25, 0.3) is 0 Å². The predicted molar refractivity (Wildman–Crippen MR) is 135 cm³/mol. The standard InChI is InChI=1S/C30H25N2/c1-20-9-7-8-12-24(20)28-18-29-27(19-31(28)2)26-16-14-23-17-22(21-10-5-4-6-11-21)13-15-25(23)30(26)32(29)3/h4-19H,1-3H3/q+1. The zero-order valence-electron chi connectivity index (χ0n) is 18.6. The maximum atomic E-state index is 2.36. The van der Waals surface area contributed by atoms with Crippen LogP contribution in [-0.4, -0.2) is 4.57 Å². The van der Waals surface area contributed by atoms with Gasteiger partial charge in [-0.25, -0.2) is 4.57 Å². The van der Waals surface area contributed by atoms with E-state index in [0.717, 1.165) is 0 Å². The van der Waals surface area contributed by atoms with Crippen molar-refractivity contribution in [3.8, 4) is 22.4 Å². The highest BCUT2D eigenvalue weighted by Gasteiger charge is 2.19. The molecule has 6 aromatic rings. The number of benzene rings is 4. The monoisotopic (exact) mass is 413 g/mol. The van der Waals surface area contributed by atoms with Crippen LogP contribution in [-0.2, 0) is 14.1 Å². The molecular formula is C30H25N2+. The molecule has 0 aliphatic rings. The molecule has 2 nitrogen and oxygen atoms in total. The van der Waals surface area contributed by atoms with Gasteiger partial charge in [0, 0.05) is 29.4 Å². The summed E-state index contributed by atoms with van der Waals surface area (Å²) in [6.07, 6.45) is 2.28. The summed E-state index contributed by atoms with van der Waals surface area (Å²) in [4.78, 5) is 0. The van der Waals surface area contributed by atoms with Gasteiger partial charge in [-0.1, -0.05) is 72.8 Å². The third kappa shape index (κ3) is 2.76. The molecule has 0 aliphatic heterocycles. The fourth-order valence-electron chi connectivity index (χ4n) is 5.07. The first-order valence-electron chi connectivity index (χ1n) is 11.1. The minimum absolute atomic E-state index is 1.23. The van der Waals surface area contributed by atoms with Gasteiger partial charge in [0.1, 0.15) is 7.05 Å². The summed E-state index contributed by atoms with van der Waals surface area (Å²) in [6, 6.07) is 32.9. The van der Waals surface area contributed by atoms with Crippen LogP contribution in [0.25, 0.3) is 55.0 Å². The molecule has 2 heterocycles. The van der Waals surface area contributed by atoms with Crippen molar-refractivity contribution in [1.29, 1.82) is 0 Å². The summed E-state index contributed by atoms with van der Waals surface area (Å²) in [5, 5.41) is 5.15. The van der Waals surface area contributed by atoms with Crippen LogP contribution in [0.2, 0.25) is 0 Å². The van der Waals surface area contributed by atoms with Crippen molar-refractivity contribution in [1.82, 2.24) is 4.57 Å². The van der Waals surface area contributed by atoms with Crippen molar-refractivity contribution in [3.63, 3.8) is 0 Å². The molecule has 154 valence electrons. The Balaban J connectivity index is 1.62. The molecule has 0 atom stereocenters. The quantitative estimate of drug-likeness (QED) is 0.272. The number of fused-ring (bicyclic) bond motifs is 5. The Kier molecular flexibility index (Phi) is 4.16. The van der Waals surface area contributed by atoms with E-state index in [1.54, 1.807) is 0 Å². The predicted octanol–water partition coefficient (Wildman–Crippen LogP) is 6.95. The molecule has 0 N–H and O–H groups in total. The Bertz CT molecular complexity index is 1640. The second kappa shape index (κ2) is 7.06. The average molecular weight is 414 g/mol. The summed E-state index contributed by atoms with van der Waals surface area (Å²) in [5.74, 6) is 0. The van der Waals surface area contributed by atoms with Crippen LogP contribution in [0, 0.1) is 6.92 Å². The van der Waals surface area contributed by atoms with Crippen LogP contribution >= 0.6 is 0 Å². The molecule has 0 amide bonds. The Morgan fingerprint density at radius 3 is 2.25 bits per heavy atom. The zero-order valence-corrected chi connectivity index (χ0v) is 18.6. The topological polar surface area (TPSA) is 8.81 Å². The van der Waals surface area contributed by atoms with Gasteiger partial charge in [0.2, 0.25) is 5.69 Å². The normalized spacial score (nSPS) is 11.6. The third-order valence-electron chi connectivity index (χ3n) is 6.76. The lowest BCUT2D eigenvalue weighted by Crippen LogP contribution is -2.30. The largest absolute Gasteiger partial charge is 0.343 e. The van der Waals surface area contributed by atoms with E-state index >= 15 is 0 Å². The first kappa shape index (κ1) is 18.8. The van der Waals surface area contributed by atoms with Gasteiger partial charge >= 0.3 is 0 Å². The average Bonchev–Trinajstić information content (AvgIpc) is 3.10. The van der Waals surface area contributed by atoms with Gasteiger partial charge in [0.05, 0.1) is 16.4 Å². The van der Waals surface area contributed by atoms with Crippen molar-refractivity contribution in [2.45, 2.75) is 6.92 Å². The smallest absolute Gasteiger partial charge is 0.214 e. The van der Waals surface area contributed by atoms with E-state index in [1.165, 1.54) is 60.5 Å². The Hall–Kier alpha value is -3.91. The van der Waals surface area contributed by atoms with E-state index in [9.17, 15) is 0 Å². The van der Waals surface area contributed by atoms with Crippen LogP contribution in [0.5, 0.6) is 0 Å². The molecular weight excluding hydrogens is 388 g/mol. The summed E-state index contributed by atoms with van der Waals surface area (Å²) in [5.41, 5.74) is 8.86. The number of pyridine rings is 1. The molecule has 2 aromatic heterocycles. The molecule has 0 fully saturated rings. The molecule has 2 heteroatoms. The first-order valence-corrected chi connectivity index (χ1v) is 11.1. The first-order chi connectivity index (χ1) is 15.6. The summed E-state index contributed by atoms with van der Waals surface area (Å²) >= 11 is 0. The number of aromatic nitrogens is 2. The lowest BCUT2D eigenvalue weighted by atomic mass is 9.99. The number of nitrogens with zero attached hydrogens (tertiary/aromatic N) is 2. The molecule has 0 aliphatic carbocycles. The third-order valence-corrected chi connectivity index (χ3v) is 6.76. The Morgan fingerprint density at radius 2 is 1.44 bits per heavy atom. The number of hydrogen-bond donors (Lipinski definition) is 0. The maximum absolute atomic E-state index is 2.36. The number of rotatable bonds is 2. The Labute approximate surface area is 188 Å². The summed E-state index contributed by atoms with van der Waals surface area (Å²) < 4.78 is 4.61. The second-order valence-electron chi connectivity index (χ2n) is 8.71. The van der Waals surface area contributed by atoms with Crippen LogP contribution in [0.15, 0.2) is 97.2 Å². The number of aryl methyl sites for hydroxylation is 3. The molecule has 0 radical (unpaired) electrons.